The normalized spacial score (nSPS) is 13.0. The molecule has 144 valence electrons. The third kappa shape index (κ3) is 6.58. The largest absolute Gasteiger partial charge is 0.486 e. The summed E-state index contributed by atoms with van der Waals surface area (Å²) in [4.78, 5) is 0. The van der Waals surface area contributed by atoms with Crippen molar-refractivity contribution in [2.75, 3.05) is 12.9 Å². The van der Waals surface area contributed by atoms with Crippen molar-refractivity contribution < 1.29 is 30.5 Å². The van der Waals surface area contributed by atoms with Crippen LogP contribution in [-0.4, -0.2) is 21.3 Å². The summed E-state index contributed by atoms with van der Waals surface area (Å²) in [6, 6.07) is 12.6. The average Bonchev–Trinajstić information content (AvgIpc) is 2.60. The van der Waals surface area contributed by atoms with Crippen molar-refractivity contribution in [3.63, 3.8) is 0 Å². The summed E-state index contributed by atoms with van der Waals surface area (Å²) in [6.07, 6.45) is -4.50. The van der Waals surface area contributed by atoms with E-state index in [2.05, 4.69) is 4.18 Å². The number of nitrogens with zero attached hydrogens (tertiary/aromatic N) is 1. The van der Waals surface area contributed by atoms with E-state index in [0.717, 1.165) is 18.4 Å². The Labute approximate surface area is 155 Å². The molecule has 0 fully saturated rings. The van der Waals surface area contributed by atoms with Gasteiger partial charge in [-0.2, -0.15) is 26.9 Å². The standard InChI is InChI=1S/C18H16F3NO4S/c1-27(23,24)25-10-9-17(26-16-7-5-13(12-22)6-8-16)14-3-2-4-15(11-14)18(19,20)21/h2-8,11,17H,9-10H2,1H3/t17-/m0/s1. The highest BCUT2D eigenvalue weighted by Crippen LogP contribution is 2.33. The van der Waals surface area contributed by atoms with Crippen LogP contribution in [0.2, 0.25) is 0 Å². The Bertz CT molecular complexity index is 919. The molecule has 0 bridgehead atoms. The molecule has 5 nitrogen and oxygen atoms in total. The summed E-state index contributed by atoms with van der Waals surface area (Å²) in [7, 11) is -3.69. The van der Waals surface area contributed by atoms with Crippen LogP contribution in [-0.2, 0) is 20.5 Å². The van der Waals surface area contributed by atoms with Crippen molar-refractivity contribution in [2.24, 2.45) is 0 Å². The second-order valence-corrected chi connectivity index (χ2v) is 7.32. The molecule has 27 heavy (non-hydrogen) atoms. The number of alkyl halides is 3. The van der Waals surface area contributed by atoms with Crippen LogP contribution in [0.3, 0.4) is 0 Å². The molecule has 0 aliphatic heterocycles. The fourth-order valence-corrected chi connectivity index (χ4v) is 2.69. The third-order valence-corrected chi connectivity index (χ3v) is 4.12. The first-order chi connectivity index (χ1) is 12.6. The number of rotatable bonds is 7. The Balaban J connectivity index is 2.27. The van der Waals surface area contributed by atoms with Crippen LogP contribution in [0.1, 0.15) is 29.2 Å². The Hall–Kier alpha value is -2.57. The molecule has 0 unspecified atom stereocenters. The lowest BCUT2D eigenvalue weighted by Gasteiger charge is -2.20. The van der Waals surface area contributed by atoms with E-state index in [0.29, 0.717) is 11.3 Å². The number of halogens is 3. The lowest BCUT2D eigenvalue weighted by Crippen LogP contribution is -2.14. The molecule has 0 heterocycles. The van der Waals surface area contributed by atoms with Gasteiger partial charge in [0, 0.05) is 6.42 Å². The molecule has 2 aromatic carbocycles. The van der Waals surface area contributed by atoms with Gasteiger partial charge in [-0.1, -0.05) is 12.1 Å². The van der Waals surface area contributed by atoms with Crippen LogP contribution < -0.4 is 4.74 Å². The molecular weight excluding hydrogens is 383 g/mol. The molecule has 0 saturated heterocycles. The van der Waals surface area contributed by atoms with Gasteiger partial charge >= 0.3 is 6.18 Å². The van der Waals surface area contributed by atoms with Gasteiger partial charge in [0.15, 0.2) is 0 Å². The maximum atomic E-state index is 13.0. The van der Waals surface area contributed by atoms with Crippen molar-refractivity contribution in [2.45, 2.75) is 18.7 Å². The van der Waals surface area contributed by atoms with Crippen LogP contribution in [0.4, 0.5) is 13.2 Å². The van der Waals surface area contributed by atoms with Crippen molar-refractivity contribution in [3.05, 3.63) is 65.2 Å². The molecule has 9 heteroatoms. The summed E-state index contributed by atoms with van der Waals surface area (Å²) in [5.74, 6) is 0.329. The number of hydrogen-bond donors (Lipinski definition) is 0. The Morgan fingerprint density at radius 3 is 2.37 bits per heavy atom. The Morgan fingerprint density at radius 2 is 1.81 bits per heavy atom. The molecular formula is C18H16F3NO4S. The SMILES string of the molecule is CS(=O)(=O)OCC[C@H](Oc1ccc(C#N)cc1)c1cccc(C(F)(F)F)c1. The van der Waals surface area contributed by atoms with Gasteiger partial charge in [0.25, 0.3) is 10.1 Å². The molecule has 0 N–H and O–H groups in total. The highest BCUT2D eigenvalue weighted by Gasteiger charge is 2.31. The number of benzene rings is 2. The fraction of sp³-hybridized carbons (Fsp3) is 0.278. The third-order valence-electron chi connectivity index (χ3n) is 3.52. The second kappa shape index (κ2) is 8.41. The molecule has 0 amide bonds. The molecule has 0 aromatic heterocycles. The van der Waals surface area contributed by atoms with Gasteiger partial charge in [-0.25, -0.2) is 0 Å². The van der Waals surface area contributed by atoms with Gasteiger partial charge in [-0.15, -0.1) is 0 Å². The maximum absolute atomic E-state index is 13.0. The minimum Gasteiger partial charge on any atom is -0.486 e. The van der Waals surface area contributed by atoms with Crippen molar-refractivity contribution in [1.29, 1.82) is 5.26 Å². The molecule has 0 aliphatic carbocycles. The molecule has 0 aliphatic rings. The first kappa shape index (κ1) is 20.7. The minimum atomic E-state index is -4.52. The Kier molecular flexibility index (Phi) is 6.46. The van der Waals surface area contributed by atoms with Crippen LogP contribution in [0.5, 0.6) is 5.75 Å². The zero-order chi connectivity index (χ0) is 20.1. The monoisotopic (exact) mass is 399 g/mol. The van der Waals surface area contributed by atoms with Crippen LogP contribution in [0, 0.1) is 11.3 Å². The van der Waals surface area contributed by atoms with E-state index < -0.39 is 28.0 Å². The van der Waals surface area contributed by atoms with Crippen molar-refractivity contribution in [1.82, 2.24) is 0 Å². The number of hydrogen-bond acceptors (Lipinski definition) is 5. The lowest BCUT2D eigenvalue weighted by atomic mass is 10.0. The van der Waals surface area contributed by atoms with Gasteiger partial charge in [0.05, 0.1) is 30.1 Å². The highest BCUT2D eigenvalue weighted by molar-refractivity contribution is 7.85. The molecule has 1 atom stereocenters. The first-order valence-electron chi connectivity index (χ1n) is 7.77. The van der Waals surface area contributed by atoms with E-state index in [1.165, 1.54) is 36.4 Å². The minimum absolute atomic E-state index is 0.00832. The first-order valence-corrected chi connectivity index (χ1v) is 9.58. The highest BCUT2D eigenvalue weighted by atomic mass is 32.2. The zero-order valence-corrected chi connectivity index (χ0v) is 15.0. The van der Waals surface area contributed by atoms with Crippen LogP contribution in [0.15, 0.2) is 48.5 Å². The number of ether oxygens (including phenoxy) is 1. The summed E-state index contributed by atoms with van der Waals surface area (Å²) in [5.41, 5.74) is -0.206. The smallest absolute Gasteiger partial charge is 0.416 e. The summed E-state index contributed by atoms with van der Waals surface area (Å²) < 4.78 is 71.6. The van der Waals surface area contributed by atoms with E-state index >= 15 is 0 Å². The van der Waals surface area contributed by atoms with Crippen LogP contribution in [0.25, 0.3) is 0 Å². The van der Waals surface area contributed by atoms with E-state index in [1.54, 1.807) is 0 Å². The van der Waals surface area contributed by atoms with E-state index in [-0.39, 0.29) is 18.6 Å². The Morgan fingerprint density at radius 1 is 1.15 bits per heavy atom. The molecule has 0 radical (unpaired) electrons. The lowest BCUT2D eigenvalue weighted by molar-refractivity contribution is -0.137. The summed E-state index contributed by atoms with van der Waals surface area (Å²) >= 11 is 0. The predicted octanol–water partition coefficient (Wildman–Crippen LogP) is 4.06. The van der Waals surface area contributed by atoms with E-state index in [9.17, 15) is 21.6 Å². The average molecular weight is 399 g/mol. The van der Waals surface area contributed by atoms with Crippen LogP contribution >= 0.6 is 0 Å². The van der Waals surface area contributed by atoms with Crippen molar-refractivity contribution in [3.8, 4) is 11.8 Å². The van der Waals surface area contributed by atoms with Gasteiger partial charge in [0.2, 0.25) is 0 Å². The van der Waals surface area contributed by atoms with E-state index in [4.69, 9.17) is 10.00 Å². The second-order valence-electron chi connectivity index (χ2n) is 5.68. The van der Waals surface area contributed by atoms with Gasteiger partial charge in [-0.3, -0.25) is 4.18 Å². The number of nitriles is 1. The quantitative estimate of drug-likeness (QED) is 0.656. The molecule has 0 saturated carbocycles. The fourth-order valence-electron chi connectivity index (χ4n) is 2.29. The molecule has 0 spiro atoms. The summed E-state index contributed by atoms with van der Waals surface area (Å²) in [5, 5.41) is 8.82. The zero-order valence-electron chi connectivity index (χ0n) is 14.2. The molecule has 2 aromatic rings. The predicted molar refractivity (Wildman–Crippen MR) is 91.4 cm³/mol. The maximum Gasteiger partial charge on any atom is 0.416 e. The van der Waals surface area contributed by atoms with Gasteiger partial charge < -0.3 is 4.74 Å². The van der Waals surface area contributed by atoms with Gasteiger partial charge in [-0.05, 0) is 42.0 Å². The molecule has 2 rings (SSSR count). The topological polar surface area (TPSA) is 76.4 Å². The van der Waals surface area contributed by atoms with Gasteiger partial charge in [0.1, 0.15) is 11.9 Å². The van der Waals surface area contributed by atoms with E-state index in [1.807, 2.05) is 6.07 Å². The summed E-state index contributed by atoms with van der Waals surface area (Å²) in [6.45, 7) is -0.254. The van der Waals surface area contributed by atoms with Crippen molar-refractivity contribution >= 4 is 10.1 Å².